The van der Waals surface area contributed by atoms with E-state index in [1.165, 1.54) is 12.1 Å². The number of benzene rings is 1. The van der Waals surface area contributed by atoms with Crippen molar-refractivity contribution < 1.29 is 14.1 Å². The van der Waals surface area contributed by atoms with Gasteiger partial charge >= 0.3 is 11.0 Å². The molecule has 8 nitrogen and oxygen atoms in total. The summed E-state index contributed by atoms with van der Waals surface area (Å²) in [5, 5.41) is 20.6. The standard InChI is InChI=1S/C14H10N4O4S2/c1-23-9-4-2-3-8(7-9)13-16-17-14(22-13)15-12(19)10-5-6-11(24-10)18(20)21/h2-7H,1H3,(H,15,17,19). The van der Waals surface area contributed by atoms with Crippen molar-refractivity contribution in [3.8, 4) is 11.5 Å². The van der Waals surface area contributed by atoms with E-state index in [9.17, 15) is 14.9 Å². The second-order valence-corrected chi connectivity index (χ2v) is 6.44. The summed E-state index contributed by atoms with van der Waals surface area (Å²) >= 11 is 2.36. The van der Waals surface area contributed by atoms with Crippen molar-refractivity contribution in [1.29, 1.82) is 0 Å². The van der Waals surface area contributed by atoms with Gasteiger partial charge in [0.2, 0.25) is 5.89 Å². The number of nitrogens with zero attached hydrogens (tertiary/aromatic N) is 3. The van der Waals surface area contributed by atoms with E-state index < -0.39 is 10.8 Å². The second-order valence-electron chi connectivity index (χ2n) is 4.49. The summed E-state index contributed by atoms with van der Waals surface area (Å²) in [7, 11) is 0. The molecule has 0 aliphatic rings. The molecule has 10 heteroatoms. The van der Waals surface area contributed by atoms with Gasteiger partial charge in [-0.15, -0.1) is 16.9 Å². The monoisotopic (exact) mass is 362 g/mol. The van der Waals surface area contributed by atoms with E-state index in [0.29, 0.717) is 0 Å². The lowest BCUT2D eigenvalue weighted by molar-refractivity contribution is -0.380. The van der Waals surface area contributed by atoms with Gasteiger partial charge in [0, 0.05) is 16.5 Å². The number of rotatable bonds is 5. The van der Waals surface area contributed by atoms with Crippen LogP contribution >= 0.6 is 23.1 Å². The fourth-order valence-electron chi connectivity index (χ4n) is 1.85. The average Bonchev–Trinajstić information content (AvgIpc) is 3.24. The van der Waals surface area contributed by atoms with Crippen molar-refractivity contribution >= 4 is 40.0 Å². The number of nitrogens with one attached hydrogen (secondary N) is 1. The number of amides is 1. The fraction of sp³-hybridized carbons (Fsp3) is 0.0714. The zero-order chi connectivity index (χ0) is 17.1. The molecule has 3 rings (SSSR count). The van der Waals surface area contributed by atoms with Gasteiger partial charge in [-0.1, -0.05) is 22.5 Å². The smallest absolute Gasteiger partial charge is 0.324 e. The first-order chi connectivity index (χ1) is 11.6. The number of carbonyl (C=O) groups excluding carboxylic acids is 1. The molecule has 0 unspecified atom stereocenters. The highest BCUT2D eigenvalue weighted by Gasteiger charge is 2.18. The molecule has 2 heterocycles. The first-order valence-electron chi connectivity index (χ1n) is 6.60. The van der Waals surface area contributed by atoms with Gasteiger partial charge in [0.15, 0.2) is 0 Å². The van der Waals surface area contributed by atoms with Crippen molar-refractivity contribution in [2.24, 2.45) is 0 Å². The fourth-order valence-corrected chi connectivity index (χ4v) is 3.03. The molecular weight excluding hydrogens is 352 g/mol. The SMILES string of the molecule is CSc1cccc(-c2nnc(NC(=O)c3ccc([N+](=O)[O-])s3)o2)c1. The summed E-state index contributed by atoms with van der Waals surface area (Å²) in [4.78, 5) is 23.4. The molecule has 2 aromatic heterocycles. The van der Waals surface area contributed by atoms with Crippen molar-refractivity contribution in [3.05, 3.63) is 51.4 Å². The Hall–Kier alpha value is -2.72. The van der Waals surface area contributed by atoms with Crippen molar-refractivity contribution in [2.75, 3.05) is 11.6 Å². The molecule has 0 saturated heterocycles. The number of hydrogen-bond donors (Lipinski definition) is 1. The predicted molar refractivity (Wildman–Crippen MR) is 90.4 cm³/mol. The molecule has 122 valence electrons. The molecule has 0 spiro atoms. The number of carbonyl (C=O) groups is 1. The summed E-state index contributed by atoms with van der Waals surface area (Å²) in [5.41, 5.74) is 0.738. The number of anilines is 1. The van der Waals surface area contributed by atoms with Gasteiger partial charge in [-0.25, -0.2) is 0 Å². The largest absolute Gasteiger partial charge is 0.403 e. The number of thiophene rings is 1. The van der Waals surface area contributed by atoms with Crippen molar-refractivity contribution in [3.63, 3.8) is 0 Å². The topological polar surface area (TPSA) is 111 Å². The molecular formula is C14H10N4O4S2. The van der Waals surface area contributed by atoms with Gasteiger partial charge in [-0.2, -0.15) is 0 Å². The Morgan fingerprint density at radius 1 is 1.33 bits per heavy atom. The van der Waals surface area contributed by atoms with E-state index in [-0.39, 0.29) is 21.8 Å². The van der Waals surface area contributed by atoms with Gasteiger partial charge in [0.25, 0.3) is 5.91 Å². The molecule has 3 aromatic rings. The van der Waals surface area contributed by atoms with Crippen LogP contribution in [0.4, 0.5) is 11.0 Å². The van der Waals surface area contributed by atoms with E-state index in [0.717, 1.165) is 21.8 Å². The first kappa shape index (κ1) is 16.1. The summed E-state index contributed by atoms with van der Waals surface area (Å²) in [6.45, 7) is 0. The van der Waals surface area contributed by atoms with Gasteiger partial charge in [-0.3, -0.25) is 20.2 Å². The third-order valence-electron chi connectivity index (χ3n) is 2.96. The molecule has 1 N–H and O–H groups in total. The van der Waals surface area contributed by atoms with E-state index in [1.807, 2.05) is 30.5 Å². The van der Waals surface area contributed by atoms with Crippen molar-refractivity contribution in [1.82, 2.24) is 10.2 Å². The van der Waals surface area contributed by atoms with Gasteiger partial charge in [0.05, 0.1) is 9.80 Å². The zero-order valence-electron chi connectivity index (χ0n) is 12.3. The molecule has 0 radical (unpaired) electrons. The molecule has 1 amide bonds. The number of hydrogen-bond acceptors (Lipinski definition) is 8. The average molecular weight is 362 g/mol. The molecule has 0 aliphatic heterocycles. The number of thioether (sulfide) groups is 1. The van der Waals surface area contributed by atoms with Crippen LogP contribution in [-0.2, 0) is 0 Å². The van der Waals surface area contributed by atoms with Crippen LogP contribution in [0.3, 0.4) is 0 Å². The Morgan fingerprint density at radius 3 is 2.88 bits per heavy atom. The van der Waals surface area contributed by atoms with Crippen LogP contribution in [-0.4, -0.2) is 27.3 Å². The lowest BCUT2D eigenvalue weighted by Crippen LogP contribution is -2.10. The quantitative estimate of drug-likeness (QED) is 0.418. The molecule has 0 fully saturated rings. The molecule has 0 aliphatic carbocycles. The zero-order valence-corrected chi connectivity index (χ0v) is 13.9. The molecule has 0 saturated carbocycles. The Balaban J connectivity index is 1.75. The second kappa shape index (κ2) is 6.81. The highest BCUT2D eigenvalue weighted by Crippen LogP contribution is 2.26. The van der Waals surface area contributed by atoms with E-state index in [4.69, 9.17) is 4.42 Å². The van der Waals surface area contributed by atoms with Gasteiger partial charge in [0.1, 0.15) is 0 Å². The predicted octanol–water partition coefficient (Wildman–Crippen LogP) is 3.68. The third kappa shape index (κ3) is 3.44. The summed E-state index contributed by atoms with van der Waals surface area (Å²) in [6.07, 6.45) is 1.96. The highest BCUT2D eigenvalue weighted by atomic mass is 32.2. The summed E-state index contributed by atoms with van der Waals surface area (Å²) < 4.78 is 5.42. The molecule has 0 atom stereocenters. The van der Waals surface area contributed by atoms with Crippen LogP contribution in [0, 0.1) is 10.1 Å². The van der Waals surface area contributed by atoms with Crippen LogP contribution in [0.2, 0.25) is 0 Å². The minimum Gasteiger partial charge on any atom is -0.403 e. The maximum absolute atomic E-state index is 12.0. The molecule has 0 bridgehead atoms. The third-order valence-corrected chi connectivity index (χ3v) is 4.72. The van der Waals surface area contributed by atoms with E-state index in [2.05, 4.69) is 15.5 Å². The Labute approximate surface area is 144 Å². The van der Waals surface area contributed by atoms with Crippen LogP contribution in [0.1, 0.15) is 9.67 Å². The minimum absolute atomic E-state index is 0.0689. The highest BCUT2D eigenvalue weighted by molar-refractivity contribution is 7.98. The summed E-state index contributed by atoms with van der Waals surface area (Å²) in [6, 6.07) is 10.1. The van der Waals surface area contributed by atoms with Crippen molar-refractivity contribution in [2.45, 2.75) is 4.90 Å². The van der Waals surface area contributed by atoms with Crippen LogP contribution in [0.25, 0.3) is 11.5 Å². The molecule has 1 aromatic carbocycles. The van der Waals surface area contributed by atoms with Crippen LogP contribution < -0.4 is 5.32 Å². The van der Waals surface area contributed by atoms with E-state index >= 15 is 0 Å². The lowest BCUT2D eigenvalue weighted by Gasteiger charge is -1.98. The van der Waals surface area contributed by atoms with E-state index in [1.54, 1.807) is 11.8 Å². The normalized spacial score (nSPS) is 10.5. The Morgan fingerprint density at radius 2 is 2.17 bits per heavy atom. The lowest BCUT2D eigenvalue weighted by atomic mass is 10.2. The Bertz CT molecular complexity index is 906. The van der Waals surface area contributed by atoms with Crippen LogP contribution in [0.15, 0.2) is 45.7 Å². The van der Waals surface area contributed by atoms with Gasteiger partial charge < -0.3 is 4.42 Å². The minimum atomic E-state index is -0.551. The first-order valence-corrected chi connectivity index (χ1v) is 8.64. The maximum atomic E-state index is 12.0. The number of nitro groups is 1. The number of aromatic nitrogens is 2. The van der Waals surface area contributed by atoms with Gasteiger partial charge in [-0.05, 0) is 30.5 Å². The van der Waals surface area contributed by atoms with Crippen LogP contribution in [0.5, 0.6) is 0 Å². The summed E-state index contributed by atoms with van der Waals surface area (Å²) in [5.74, 6) is -0.264. The molecule has 24 heavy (non-hydrogen) atoms. The maximum Gasteiger partial charge on any atom is 0.324 e. The Kier molecular flexibility index (Phi) is 4.58.